The van der Waals surface area contributed by atoms with E-state index in [1.165, 1.54) is 0 Å². The van der Waals surface area contributed by atoms with Crippen LogP contribution in [0.15, 0.2) is 24.3 Å². The molecule has 2 rings (SSSR count). The highest BCUT2D eigenvalue weighted by atomic mass is 16.5. The van der Waals surface area contributed by atoms with Crippen LogP contribution in [0.25, 0.3) is 0 Å². The van der Waals surface area contributed by atoms with Crippen molar-refractivity contribution >= 4 is 11.9 Å². The molecule has 0 aliphatic carbocycles. The van der Waals surface area contributed by atoms with E-state index in [9.17, 15) is 19.8 Å². The molecule has 0 saturated heterocycles. The van der Waals surface area contributed by atoms with E-state index >= 15 is 0 Å². The van der Waals surface area contributed by atoms with Gasteiger partial charge in [-0.2, -0.15) is 0 Å². The van der Waals surface area contributed by atoms with Crippen LogP contribution in [-0.2, 0) is 12.8 Å². The number of hydrogen-bond acceptors (Lipinski definition) is 4. The van der Waals surface area contributed by atoms with E-state index in [0.717, 1.165) is 24.2 Å². The number of benzene rings is 1. The van der Waals surface area contributed by atoms with E-state index < -0.39 is 11.9 Å². The van der Waals surface area contributed by atoms with E-state index in [1.807, 2.05) is 24.3 Å². The molecule has 0 radical (unpaired) electrons. The first-order valence-electron chi connectivity index (χ1n) is 8.44. The maximum atomic E-state index is 11.6. The highest BCUT2D eigenvalue weighted by molar-refractivity contribution is 5.97. The number of aromatic nitrogens is 1. The molecule has 0 saturated carbocycles. The van der Waals surface area contributed by atoms with Gasteiger partial charge in [-0.3, -0.25) is 4.98 Å². The maximum absolute atomic E-state index is 11.6. The Bertz CT molecular complexity index is 774. The zero-order valence-electron chi connectivity index (χ0n) is 15.2. The summed E-state index contributed by atoms with van der Waals surface area (Å²) < 4.78 is 5.13. The molecule has 0 atom stereocenters. The van der Waals surface area contributed by atoms with Crippen molar-refractivity contribution < 1.29 is 24.5 Å². The molecule has 0 bridgehead atoms. The third-order valence-corrected chi connectivity index (χ3v) is 4.39. The Morgan fingerprint density at radius 1 is 0.923 bits per heavy atom. The maximum Gasteiger partial charge on any atom is 0.337 e. The van der Waals surface area contributed by atoms with Gasteiger partial charge in [0, 0.05) is 0 Å². The SMILES string of the molecule is COc1ccc(CCCCc2c(C(=O)O)c(C)nc(C)c2C(=O)O)cc1. The summed E-state index contributed by atoms with van der Waals surface area (Å²) in [6, 6.07) is 7.78. The monoisotopic (exact) mass is 357 g/mol. The molecule has 1 heterocycles. The van der Waals surface area contributed by atoms with E-state index in [0.29, 0.717) is 29.8 Å². The van der Waals surface area contributed by atoms with Gasteiger partial charge >= 0.3 is 11.9 Å². The van der Waals surface area contributed by atoms with Gasteiger partial charge in [-0.1, -0.05) is 12.1 Å². The molecule has 2 N–H and O–H groups in total. The Kier molecular flexibility index (Phi) is 6.33. The number of aryl methyl sites for hydroxylation is 3. The first-order valence-corrected chi connectivity index (χ1v) is 8.44. The Morgan fingerprint density at radius 2 is 1.42 bits per heavy atom. The number of pyridine rings is 1. The van der Waals surface area contributed by atoms with Gasteiger partial charge in [-0.25, -0.2) is 9.59 Å². The number of carbonyl (C=O) groups is 2. The Balaban J connectivity index is 2.14. The van der Waals surface area contributed by atoms with Crippen LogP contribution in [0, 0.1) is 13.8 Å². The van der Waals surface area contributed by atoms with Crippen molar-refractivity contribution in [2.75, 3.05) is 7.11 Å². The average molecular weight is 357 g/mol. The topological polar surface area (TPSA) is 96.7 Å². The van der Waals surface area contributed by atoms with Gasteiger partial charge in [0.25, 0.3) is 0 Å². The lowest BCUT2D eigenvalue weighted by Gasteiger charge is -2.14. The van der Waals surface area contributed by atoms with Crippen LogP contribution in [-0.4, -0.2) is 34.2 Å². The highest BCUT2D eigenvalue weighted by Crippen LogP contribution is 2.23. The molecule has 138 valence electrons. The smallest absolute Gasteiger partial charge is 0.337 e. The lowest BCUT2D eigenvalue weighted by atomic mass is 9.93. The first-order chi connectivity index (χ1) is 12.3. The summed E-state index contributed by atoms with van der Waals surface area (Å²) >= 11 is 0. The highest BCUT2D eigenvalue weighted by Gasteiger charge is 2.24. The second kappa shape index (κ2) is 8.47. The second-order valence-electron chi connectivity index (χ2n) is 6.18. The molecule has 2 aromatic rings. The number of hydrogen-bond donors (Lipinski definition) is 2. The Hall–Kier alpha value is -2.89. The molecule has 0 aliphatic heterocycles. The number of aromatic carboxylic acids is 2. The van der Waals surface area contributed by atoms with Crippen LogP contribution in [0.2, 0.25) is 0 Å². The van der Waals surface area contributed by atoms with Gasteiger partial charge in [-0.05, 0) is 62.8 Å². The van der Waals surface area contributed by atoms with Gasteiger partial charge in [0.05, 0.1) is 29.6 Å². The van der Waals surface area contributed by atoms with Crippen molar-refractivity contribution in [3.8, 4) is 5.75 Å². The van der Waals surface area contributed by atoms with Crippen LogP contribution < -0.4 is 4.74 Å². The van der Waals surface area contributed by atoms with Crippen molar-refractivity contribution in [3.05, 3.63) is 57.9 Å². The fraction of sp³-hybridized carbons (Fsp3) is 0.350. The Labute approximate surface area is 152 Å². The largest absolute Gasteiger partial charge is 0.497 e. The fourth-order valence-corrected chi connectivity index (χ4v) is 3.17. The van der Waals surface area contributed by atoms with Gasteiger partial charge < -0.3 is 14.9 Å². The summed E-state index contributed by atoms with van der Waals surface area (Å²) in [6.45, 7) is 3.20. The molecule has 26 heavy (non-hydrogen) atoms. The number of carboxylic acid groups (broad SMARTS) is 2. The van der Waals surface area contributed by atoms with Crippen LogP contribution in [0.3, 0.4) is 0 Å². The predicted octanol–water partition coefficient (Wildman–Crippen LogP) is 3.67. The predicted molar refractivity (Wildman–Crippen MR) is 97.3 cm³/mol. The number of methoxy groups -OCH3 is 1. The molecule has 1 aromatic carbocycles. The fourth-order valence-electron chi connectivity index (χ4n) is 3.17. The number of ether oxygens (including phenoxy) is 1. The van der Waals surface area contributed by atoms with E-state index in [1.54, 1.807) is 21.0 Å². The zero-order chi connectivity index (χ0) is 19.3. The van der Waals surface area contributed by atoms with Crippen LogP contribution in [0.5, 0.6) is 5.75 Å². The van der Waals surface area contributed by atoms with Gasteiger partial charge in [-0.15, -0.1) is 0 Å². The molecule has 0 amide bonds. The summed E-state index contributed by atoms with van der Waals surface area (Å²) in [5, 5.41) is 19.0. The summed E-state index contributed by atoms with van der Waals surface area (Å²) in [5.74, 6) is -1.47. The number of carboxylic acids is 2. The molecule has 6 heteroatoms. The zero-order valence-corrected chi connectivity index (χ0v) is 15.2. The minimum absolute atomic E-state index is 0.0115. The van der Waals surface area contributed by atoms with E-state index in [4.69, 9.17) is 4.74 Å². The average Bonchev–Trinajstić information content (AvgIpc) is 2.58. The lowest BCUT2D eigenvalue weighted by Crippen LogP contribution is -2.16. The normalized spacial score (nSPS) is 10.6. The third kappa shape index (κ3) is 4.39. The molecule has 0 spiro atoms. The van der Waals surface area contributed by atoms with Crippen molar-refractivity contribution in [1.29, 1.82) is 0 Å². The molecule has 0 fully saturated rings. The molecule has 6 nitrogen and oxygen atoms in total. The minimum Gasteiger partial charge on any atom is -0.497 e. The van der Waals surface area contributed by atoms with E-state index in [-0.39, 0.29) is 11.1 Å². The summed E-state index contributed by atoms with van der Waals surface area (Å²) in [4.78, 5) is 27.3. The second-order valence-corrected chi connectivity index (χ2v) is 6.18. The molecule has 0 aliphatic rings. The molecular weight excluding hydrogens is 334 g/mol. The standard InChI is InChI=1S/C20H23NO5/c1-12-17(19(22)23)16(18(20(24)25)13(2)21-12)7-5-4-6-14-8-10-15(26-3)11-9-14/h8-11H,4-7H2,1-3H3,(H,22,23)(H,24,25). The van der Waals surface area contributed by atoms with Crippen molar-refractivity contribution in [3.63, 3.8) is 0 Å². The van der Waals surface area contributed by atoms with E-state index in [2.05, 4.69) is 4.98 Å². The van der Waals surface area contributed by atoms with Crippen LogP contribution >= 0.6 is 0 Å². The number of nitrogens with zero attached hydrogens (tertiary/aromatic N) is 1. The summed E-state index contributed by atoms with van der Waals surface area (Å²) in [5.41, 5.74) is 2.25. The van der Waals surface area contributed by atoms with Crippen LogP contribution in [0.4, 0.5) is 0 Å². The van der Waals surface area contributed by atoms with Crippen molar-refractivity contribution in [2.45, 2.75) is 39.5 Å². The van der Waals surface area contributed by atoms with Gasteiger partial charge in [0.2, 0.25) is 0 Å². The van der Waals surface area contributed by atoms with Crippen molar-refractivity contribution in [1.82, 2.24) is 4.98 Å². The van der Waals surface area contributed by atoms with Crippen LogP contribution in [0.1, 0.15) is 56.1 Å². The lowest BCUT2D eigenvalue weighted by molar-refractivity contribution is 0.0693. The summed E-state index contributed by atoms with van der Waals surface area (Å²) in [7, 11) is 1.62. The molecule has 1 aromatic heterocycles. The molecular formula is C20H23NO5. The molecule has 0 unspecified atom stereocenters. The number of unbranched alkanes of at least 4 members (excludes halogenated alkanes) is 1. The number of rotatable bonds is 8. The van der Waals surface area contributed by atoms with Gasteiger partial charge in [0.1, 0.15) is 5.75 Å². The first kappa shape index (κ1) is 19.4. The minimum atomic E-state index is -1.14. The quantitative estimate of drug-likeness (QED) is 0.700. The van der Waals surface area contributed by atoms with Gasteiger partial charge in [0.15, 0.2) is 0 Å². The van der Waals surface area contributed by atoms with Crippen molar-refractivity contribution in [2.24, 2.45) is 0 Å². The third-order valence-electron chi connectivity index (χ3n) is 4.39. The summed E-state index contributed by atoms with van der Waals surface area (Å²) in [6.07, 6.45) is 2.74. The Morgan fingerprint density at radius 3 is 1.88 bits per heavy atom.